The van der Waals surface area contributed by atoms with Crippen molar-refractivity contribution in [2.75, 3.05) is 5.32 Å². The second-order valence-electron chi connectivity index (χ2n) is 3.81. The minimum absolute atomic E-state index is 0.0860. The van der Waals surface area contributed by atoms with E-state index in [1.807, 2.05) is 0 Å². The smallest absolute Gasteiger partial charge is 0.234 e. The molecule has 0 heterocycles. The molecule has 1 saturated carbocycles. The average molecular weight is 242 g/mol. The molecule has 1 amide bonds. The zero-order valence-electron chi connectivity index (χ0n) is 8.52. The van der Waals surface area contributed by atoms with Crippen molar-refractivity contribution >= 4 is 11.6 Å². The highest BCUT2D eigenvalue weighted by Gasteiger charge is 2.53. The first kappa shape index (κ1) is 11.4. The second-order valence-corrected chi connectivity index (χ2v) is 3.81. The molecule has 0 radical (unpaired) electrons. The van der Waals surface area contributed by atoms with Crippen LogP contribution in [0.3, 0.4) is 0 Å². The molecule has 2 rings (SSSR count). The average Bonchev–Trinajstić information content (AvgIpc) is 3.03. The SMILES string of the molecule is O=C(Nc1ccc(F)c(F)c1)C1CC1[N+](=O)[O-]. The summed E-state index contributed by atoms with van der Waals surface area (Å²) in [4.78, 5) is 21.3. The lowest BCUT2D eigenvalue weighted by atomic mass is 10.3. The van der Waals surface area contributed by atoms with E-state index in [0.29, 0.717) is 0 Å². The van der Waals surface area contributed by atoms with Crippen LogP contribution in [0.2, 0.25) is 0 Å². The van der Waals surface area contributed by atoms with Crippen molar-refractivity contribution in [1.82, 2.24) is 0 Å². The van der Waals surface area contributed by atoms with E-state index < -0.39 is 34.4 Å². The third kappa shape index (κ3) is 2.38. The number of amides is 1. The summed E-state index contributed by atoms with van der Waals surface area (Å²) >= 11 is 0. The summed E-state index contributed by atoms with van der Waals surface area (Å²) in [5.74, 6) is -3.32. The summed E-state index contributed by atoms with van der Waals surface area (Å²) in [5, 5.41) is 12.7. The summed E-state index contributed by atoms with van der Waals surface area (Å²) < 4.78 is 25.4. The van der Waals surface area contributed by atoms with Gasteiger partial charge in [-0.1, -0.05) is 0 Å². The Balaban J connectivity index is 2.00. The lowest BCUT2D eigenvalue weighted by Gasteiger charge is -2.03. The van der Waals surface area contributed by atoms with E-state index in [1.54, 1.807) is 0 Å². The highest BCUT2D eigenvalue weighted by Crippen LogP contribution is 2.34. The van der Waals surface area contributed by atoms with Crippen LogP contribution in [0.25, 0.3) is 0 Å². The van der Waals surface area contributed by atoms with Gasteiger partial charge < -0.3 is 5.32 Å². The van der Waals surface area contributed by atoms with Crippen molar-refractivity contribution in [3.63, 3.8) is 0 Å². The van der Waals surface area contributed by atoms with E-state index in [4.69, 9.17) is 0 Å². The first-order chi connectivity index (χ1) is 7.99. The molecule has 1 fully saturated rings. The zero-order chi connectivity index (χ0) is 12.6. The van der Waals surface area contributed by atoms with Gasteiger partial charge in [-0.2, -0.15) is 0 Å². The van der Waals surface area contributed by atoms with Gasteiger partial charge in [0.05, 0.1) is 0 Å². The minimum Gasteiger partial charge on any atom is -0.326 e. The first-order valence-electron chi connectivity index (χ1n) is 4.88. The van der Waals surface area contributed by atoms with Gasteiger partial charge in [-0.05, 0) is 12.1 Å². The lowest BCUT2D eigenvalue weighted by molar-refractivity contribution is -0.497. The van der Waals surface area contributed by atoms with Gasteiger partial charge in [0.2, 0.25) is 11.9 Å². The van der Waals surface area contributed by atoms with Crippen LogP contribution in [0.4, 0.5) is 14.5 Å². The number of carbonyl (C=O) groups is 1. The van der Waals surface area contributed by atoms with E-state index in [2.05, 4.69) is 5.32 Å². The number of nitro groups is 1. The van der Waals surface area contributed by atoms with Crippen molar-refractivity contribution in [2.45, 2.75) is 12.5 Å². The Bertz CT molecular complexity index is 492. The van der Waals surface area contributed by atoms with Crippen LogP contribution in [0.1, 0.15) is 6.42 Å². The van der Waals surface area contributed by atoms with Gasteiger partial charge in [-0.3, -0.25) is 14.9 Å². The predicted molar refractivity (Wildman–Crippen MR) is 53.9 cm³/mol. The van der Waals surface area contributed by atoms with Crippen LogP contribution in [-0.4, -0.2) is 16.9 Å². The van der Waals surface area contributed by atoms with E-state index in [0.717, 1.165) is 12.1 Å². The summed E-state index contributed by atoms with van der Waals surface area (Å²) in [6.07, 6.45) is 0.183. The molecule has 1 aromatic carbocycles. The molecule has 0 saturated heterocycles. The Kier molecular flexibility index (Phi) is 2.74. The molecule has 1 aliphatic carbocycles. The fourth-order valence-electron chi connectivity index (χ4n) is 1.51. The highest BCUT2D eigenvalue weighted by atomic mass is 19.2. The largest absolute Gasteiger partial charge is 0.326 e. The summed E-state index contributed by atoms with van der Waals surface area (Å²) in [7, 11) is 0. The molecule has 2 atom stereocenters. The molecule has 0 aliphatic heterocycles. The molecule has 1 N–H and O–H groups in total. The van der Waals surface area contributed by atoms with E-state index in [-0.39, 0.29) is 12.1 Å². The molecule has 90 valence electrons. The fourth-order valence-corrected chi connectivity index (χ4v) is 1.51. The maximum atomic E-state index is 12.8. The van der Waals surface area contributed by atoms with Crippen LogP contribution in [0.15, 0.2) is 18.2 Å². The molecular weight excluding hydrogens is 234 g/mol. The monoisotopic (exact) mass is 242 g/mol. The number of hydrogen-bond donors (Lipinski definition) is 1. The number of benzene rings is 1. The van der Waals surface area contributed by atoms with Gasteiger partial charge >= 0.3 is 0 Å². The Hall–Kier alpha value is -2.05. The van der Waals surface area contributed by atoms with Crippen molar-refractivity contribution in [2.24, 2.45) is 5.92 Å². The Morgan fingerprint density at radius 3 is 2.65 bits per heavy atom. The third-order valence-electron chi connectivity index (χ3n) is 2.55. The second kappa shape index (κ2) is 4.08. The molecule has 0 bridgehead atoms. The molecule has 7 heteroatoms. The minimum atomic E-state index is -1.08. The van der Waals surface area contributed by atoms with Crippen LogP contribution < -0.4 is 5.32 Å². The van der Waals surface area contributed by atoms with Crippen LogP contribution in [-0.2, 0) is 4.79 Å². The topological polar surface area (TPSA) is 72.2 Å². The highest BCUT2D eigenvalue weighted by molar-refractivity contribution is 5.94. The number of halogens is 2. The third-order valence-corrected chi connectivity index (χ3v) is 2.55. The van der Waals surface area contributed by atoms with Crippen molar-refractivity contribution in [1.29, 1.82) is 0 Å². The number of carbonyl (C=O) groups excluding carboxylic acids is 1. The van der Waals surface area contributed by atoms with Gasteiger partial charge in [0.1, 0.15) is 5.92 Å². The molecule has 0 spiro atoms. The number of anilines is 1. The summed E-state index contributed by atoms with van der Waals surface area (Å²) in [5.41, 5.74) is 0.0860. The van der Waals surface area contributed by atoms with Crippen molar-refractivity contribution in [3.05, 3.63) is 39.9 Å². The molecule has 0 aromatic heterocycles. The molecule has 1 aromatic rings. The number of hydrogen-bond acceptors (Lipinski definition) is 3. The van der Waals surface area contributed by atoms with Gasteiger partial charge in [-0.25, -0.2) is 8.78 Å². The summed E-state index contributed by atoms with van der Waals surface area (Å²) in [6.45, 7) is 0. The molecule has 17 heavy (non-hydrogen) atoms. The normalized spacial score (nSPS) is 22.0. The van der Waals surface area contributed by atoms with Crippen LogP contribution in [0.5, 0.6) is 0 Å². The van der Waals surface area contributed by atoms with Crippen molar-refractivity contribution < 1.29 is 18.5 Å². The Morgan fingerprint density at radius 2 is 2.12 bits per heavy atom. The van der Waals surface area contributed by atoms with Gasteiger partial charge in [0.15, 0.2) is 11.6 Å². The maximum Gasteiger partial charge on any atom is 0.234 e. The molecule has 2 unspecified atom stereocenters. The number of nitrogens with one attached hydrogen (secondary N) is 1. The molecule has 1 aliphatic rings. The Labute approximate surface area is 94.6 Å². The van der Waals surface area contributed by atoms with E-state index in [1.165, 1.54) is 6.07 Å². The lowest BCUT2D eigenvalue weighted by Crippen LogP contribution is -2.18. The number of nitrogens with zero attached hydrogens (tertiary/aromatic N) is 1. The van der Waals surface area contributed by atoms with Crippen LogP contribution in [0, 0.1) is 27.7 Å². The standard InChI is InChI=1S/C10H8F2N2O3/c11-7-2-1-5(3-8(7)12)13-10(15)6-4-9(6)14(16)17/h1-3,6,9H,4H2,(H,13,15). The van der Waals surface area contributed by atoms with Crippen LogP contribution >= 0.6 is 0 Å². The first-order valence-corrected chi connectivity index (χ1v) is 4.88. The van der Waals surface area contributed by atoms with E-state index in [9.17, 15) is 23.7 Å². The quantitative estimate of drug-likeness (QED) is 0.645. The van der Waals surface area contributed by atoms with E-state index >= 15 is 0 Å². The van der Waals surface area contributed by atoms with Crippen molar-refractivity contribution in [3.8, 4) is 0 Å². The fraction of sp³-hybridized carbons (Fsp3) is 0.300. The van der Waals surface area contributed by atoms with Gasteiger partial charge in [-0.15, -0.1) is 0 Å². The zero-order valence-corrected chi connectivity index (χ0v) is 8.52. The Morgan fingerprint density at radius 1 is 1.41 bits per heavy atom. The number of rotatable bonds is 3. The molecule has 5 nitrogen and oxygen atoms in total. The maximum absolute atomic E-state index is 12.8. The summed E-state index contributed by atoms with van der Waals surface area (Å²) in [6, 6.07) is 2.04. The van der Waals surface area contributed by atoms with Gasteiger partial charge in [0.25, 0.3) is 0 Å². The van der Waals surface area contributed by atoms with Gasteiger partial charge in [0, 0.05) is 23.1 Å². The predicted octanol–water partition coefficient (Wildman–Crippen LogP) is 1.57. The molecular formula is C10H8F2N2O3.